The van der Waals surface area contributed by atoms with Crippen LogP contribution >= 0.6 is 6.26 Å². The maximum absolute atomic E-state index is 6.14. The van der Waals surface area contributed by atoms with Gasteiger partial charge >= 0.3 is 0 Å². The molecule has 0 aliphatic rings. The molecule has 0 saturated carbocycles. The van der Waals surface area contributed by atoms with Crippen LogP contribution in [-0.2, 0) is 16.3 Å². The summed E-state index contributed by atoms with van der Waals surface area (Å²) < 4.78 is 6.14. The monoisotopic (exact) mass is 333 g/mol. The zero-order valence-corrected chi connectivity index (χ0v) is 15.1. The second-order valence-corrected chi connectivity index (χ2v) is 10.7. The molecule has 1 N–H and O–H groups in total. The standard InChI is InChI=1S/C18H24NOPS/c1-15(2)14-20-21(3,22)18(16-10-6-4-7-11-16)19-17-12-8-5-9-13-17/h4-13,15,18-19H,14H2,1-3H3/t18-,21+/m1/s1. The van der Waals surface area contributed by atoms with E-state index in [4.69, 9.17) is 16.3 Å². The van der Waals surface area contributed by atoms with Crippen LogP contribution in [0.1, 0.15) is 25.2 Å². The first-order valence-electron chi connectivity index (χ1n) is 7.57. The van der Waals surface area contributed by atoms with Gasteiger partial charge in [0.25, 0.3) is 0 Å². The van der Waals surface area contributed by atoms with E-state index in [0.717, 1.165) is 5.69 Å². The summed E-state index contributed by atoms with van der Waals surface area (Å²) in [5.74, 6) is 0.500. The third kappa shape index (κ3) is 4.95. The average molecular weight is 333 g/mol. The molecular formula is C18H24NOPS. The van der Waals surface area contributed by atoms with Crippen molar-refractivity contribution in [2.24, 2.45) is 5.92 Å². The summed E-state index contributed by atoms with van der Waals surface area (Å²) in [6.07, 6.45) is -2.02. The molecule has 0 heterocycles. The van der Waals surface area contributed by atoms with Crippen LogP contribution in [0.4, 0.5) is 5.69 Å². The third-order valence-corrected chi connectivity index (χ3v) is 6.30. The average Bonchev–Trinajstić information content (AvgIpc) is 2.52. The molecule has 0 saturated heterocycles. The number of rotatable bonds is 7. The second-order valence-electron chi connectivity index (χ2n) is 5.92. The fourth-order valence-electron chi connectivity index (χ4n) is 2.17. The maximum atomic E-state index is 6.14. The Morgan fingerprint density at radius 2 is 1.55 bits per heavy atom. The Balaban J connectivity index is 2.27. The van der Waals surface area contributed by atoms with Crippen LogP contribution in [0.15, 0.2) is 60.7 Å². The summed E-state index contributed by atoms with van der Waals surface area (Å²) in [7, 11) is 0. The van der Waals surface area contributed by atoms with Crippen LogP contribution in [0.25, 0.3) is 0 Å². The van der Waals surface area contributed by atoms with Crippen molar-refractivity contribution >= 4 is 23.8 Å². The summed E-state index contributed by atoms with van der Waals surface area (Å²) >= 11 is 5.89. The first kappa shape index (κ1) is 17.2. The Bertz CT molecular complexity index is 615. The number of para-hydroxylation sites is 1. The van der Waals surface area contributed by atoms with Gasteiger partial charge in [0, 0.05) is 5.69 Å². The predicted octanol–water partition coefficient (Wildman–Crippen LogP) is 5.49. The van der Waals surface area contributed by atoms with Gasteiger partial charge in [-0.3, -0.25) is 0 Å². The molecule has 0 bridgehead atoms. The van der Waals surface area contributed by atoms with Gasteiger partial charge in [0.2, 0.25) is 0 Å². The van der Waals surface area contributed by atoms with Gasteiger partial charge in [0.1, 0.15) is 5.78 Å². The highest BCUT2D eigenvalue weighted by atomic mass is 32.4. The Morgan fingerprint density at radius 3 is 2.09 bits per heavy atom. The van der Waals surface area contributed by atoms with E-state index < -0.39 is 6.26 Å². The lowest BCUT2D eigenvalue weighted by Crippen LogP contribution is -2.14. The highest BCUT2D eigenvalue weighted by Gasteiger charge is 2.26. The zero-order chi connectivity index (χ0) is 16.0. The molecule has 2 nitrogen and oxygen atoms in total. The van der Waals surface area contributed by atoms with Gasteiger partial charge in [-0.25, -0.2) is 0 Å². The highest BCUT2D eigenvalue weighted by molar-refractivity contribution is 8.12. The second kappa shape index (κ2) is 7.92. The molecule has 0 aliphatic heterocycles. The fourth-order valence-corrected chi connectivity index (χ4v) is 4.72. The van der Waals surface area contributed by atoms with Crippen LogP contribution in [0.2, 0.25) is 0 Å². The molecule has 0 spiro atoms. The topological polar surface area (TPSA) is 21.3 Å². The summed E-state index contributed by atoms with van der Waals surface area (Å²) in [6.45, 7) is 7.08. The van der Waals surface area contributed by atoms with Crippen molar-refractivity contribution in [1.82, 2.24) is 0 Å². The molecule has 118 valence electrons. The molecule has 0 amide bonds. The molecule has 0 unspecified atom stereocenters. The molecular weight excluding hydrogens is 309 g/mol. The first-order valence-corrected chi connectivity index (χ1v) is 10.8. The van der Waals surface area contributed by atoms with Crippen molar-refractivity contribution in [2.75, 3.05) is 18.6 Å². The largest absolute Gasteiger partial charge is 0.372 e. The van der Waals surface area contributed by atoms with Crippen molar-refractivity contribution in [1.29, 1.82) is 0 Å². The number of nitrogens with one attached hydrogen (secondary N) is 1. The van der Waals surface area contributed by atoms with Gasteiger partial charge < -0.3 is 9.84 Å². The minimum Gasteiger partial charge on any atom is -0.372 e. The Kier molecular flexibility index (Phi) is 6.19. The van der Waals surface area contributed by atoms with Crippen LogP contribution in [-0.4, -0.2) is 13.3 Å². The van der Waals surface area contributed by atoms with Crippen molar-refractivity contribution in [3.63, 3.8) is 0 Å². The number of benzene rings is 2. The number of hydrogen-bond donors (Lipinski definition) is 1. The van der Waals surface area contributed by atoms with Gasteiger partial charge in [0.15, 0.2) is 0 Å². The lowest BCUT2D eigenvalue weighted by Gasteiger charge is -2.30. The van der Waals surface area contributed by atoms with Gasteiger partial charge in [-0.15, -0.1) is 0 Å². The number of anilines is 1. The van der Waals surface area contributed by atoms with Crippen molar-refractivity contribution < 1.29 is 4.52 Å². The van der Waals surface area contributed by atoms with Crippen LogP contribution in [0.5, 0.6) is 0 Å². The Morgan fingerprint density at radius 1 is 1.00 bits per heavy atom. The lowest BCUT2D eigenvalue weighted by atomic mass is 10.2. The van der Waals surface area contributed by atoms with E-state index >= 15 is 0 Å². The molecule has 4 heteroatoms. The van der Waals surface area contributed by atoms with Crippen LogP contribution in [0, 0.1) is 5.92 Å². The molecule has 2 aromatic carbocycles. The van der Waals surface area contributed by atoms with E-state index in [9.17, 15) is 0 Å². The summed E-state index contributed by atoms with van der Waals surface area (Å²) in [4.78, 5) is 0. The summed E-state index contributed by atoms with van der Waals surface area (Å²) in [5, 5.41) is 3.58. The van der Waals surface area contributed by atoms with Crippen molar-refractivity contribution in [3.05, 3.63) is 66.2 Å². The fraction of sp³-hybridized carbons (Fsp3) is 0.333. The first-order chi connectivity index (χ1) is 10.5. The Hall–Kier alpha value is -1.15. The highest BCUT2D eigenvalue weighted by Crippen LogP contribution is 2.57. The van der Waals surface area contributed by atoms with Crippen molar-refractivity contribution in [2.45, 2.75) is 19.6 Å². The van der Waals surface area contributed by atoms with Gasteiger partial charge in [-0.05, 0) is 30.3 Å². The van der Waals surface area contributed by atoms with E-state index in [1.165, 1.54) is 5.56 Å². The molecule has 2 aromatic rings. The molecule has 2 rings (SSSR count). The molecule has 0 radical (unpaired) electrons. The summed E-state index contributed by atoms with van der Waals surface area (Å²) in [5.41, 5.74) is 2.25. The van der Waals surface area contributed by atoms with Crippen LogP contribution in [0.3, 0.4) is 0 Å². The molecule has 0 aromatic heterocycles. The normalized spacial score (nSPS) is 15.3. The van der Waals surface area contributed by atoms with Gasteiger partial charge in [-0.1, -0.05) is 74.2 Å². The lowest BCUT2D eigenvalue weighted by molar-refractivity contribution is 0.296. The van der Waals surface area contributed by atoms with E-state index in [2.05, 4.69) is 50.1 Å². The minimum absolute atomic E-state index is 0.0184. The summed E-state index contributed by atoms with van der Waals surface area (Å²) in [6, 6.07) is 20.5. The molecule has 2 atom stereocenters. The smallest absolute Gasteiger partial charge is 0.103 e. The van der Waals surface area contributed by atoms with E-state index in [1.54, 1.807) is 0 Å². The van der Waals surface area contributed by atoms with E-state index in [1.807, 2.05) is 36.4 Å². The number of hydrogen-bond acceptors (Lipinski definition) is 3. The molecule has 0 aliphatic carbocycles. The minimum atomic E-state index is -2.02. The predicted molar refractivity (Wildman–Crippen MR) is 100 cm³/mol. The zero-order valence-electron chi connectivity index (χ0n) is 13.4. The molecule has 0 fully saturated rings. The van der Waals surface area contributed by atoms with E-state index in [-0.39, 0.29) is 5.78 Å². The molecule has 22 heavy (non-hydrogen) atoms. The quantitative estimate of drug-likeness (QED) is 0.677. The van der Waals surface area contributed by atoms with Crippen LogP contribution < -0.4 is 5.32 Å². The van der Waals surface area contributed by atoms with Gasteiger partial charge in [-0.2, -0.15) is 0 Å². The van der Waals surface area contributed by atoms with Gasteiger partial charge in [0.05, 0.1) is 12.9 Å². The van der Waals surface area contributed by atoms with Crippen molar-refractivity contribution in [3.8, 4) is 0 Å². The maximum Gasteiger partial charge on any atom is 0.103 e. The third-order valence-electron chi connectivity index (χ3n) is 3.33. The SMILES string of the molecule is CC(C)CO[P@@](C)(=S)[C@@H](Nc1ccccc1)c1ccccc1. The Labute approximate surface area is 139 Å². The van der Waals surface area contributed by atoms with E-state index in [0.29, 0.717) is 12.5 Å².